The largest absolute Gasteiger partial charge is 0.452 e. The molecular formula is C17H14Cl2N2O3. The molecule has 3 rings (SSSR count). The summed E-state index contributed by atoms with van der Waals surface area (Å²) in [4.78, 5) is 29.9. The van der Waals surface area contributed by atoms with Gasteiger partial charge < -0.3 is 9.64 Å². The number of amides is 1. The van der Waals surface area contributed by atoms with Gasteiger partial charge in [0.05, 0.1) is 5.56 Å². The van der Waals surface area contributed by atoms with E-state index in [0.717, 1.165) is 17.7 Å². The molecule has 1 aromatic heterocycles. The molecule has 0 aliphatic carbocycles. The van der Waals surface area contributed by atoms with Crippen LogP contribution in [0.1, 0.15) is 22.8 Å². The zero-order valence-electron chi connectivity index (χ0n) is 12.8. The lowest BCUT2D eigenvalue weighted by atomic mass is 10.1. The average molecular weight is 365 g/mol. The molecular weight excluding hydrogens is 351 g/mol. The zero-order valence-corrected chi connectivity index (χ0v) is 14.3. The van der Waals surface area contributed by atoms with Crippen molar-refractivity contribution in [2.45, 2.75) is 19.4 Å². The number of fused-ring (bicyclic) bond motifs is 1. The molecule has 0 spiro atoms. The predicted octanol–water partition coefficient (Wildman–Crippen LogP) is 3.52. The highest BCUT2D eigenvalue weighted by Crippen LogP contribution is 2.31. The first-order chi connectivity index (χ1) is 11.5. The van der Waals surface area contributed by atoms with Crippen LogP contribution >= 0.6 is 23.2 Å². The van der Waals surface area contributed by atoms with Crippen molar-refractivity contribution in [2.24, 2.45) is 0 Å². The monoisotopic (exact) mass is 364 g/mol. The van der Waals surface area contributed by atoms with Crippen LogP contribution in [0, 0.1) is 0 Å². The Balaban J connectivity index is 1.68. The van der Waals surface area contributed by atoms with Crippen LogP contribution < -0.4 is 4.90 Å². The van der Waals surface area contributed by atoms with Gasteiger partial charge in [0.1, 0.15) is 10.3 Å². The number of esters is 1. The molecule has 1 aliphatic rings. The normalized spacial score (nSPS) is 16.0. The van der Waals surface area contributed by atoms with Crippen LogP contribution in [-0.4, -0.2) is 29.5 Å². The van der Waals surface area contributed by atoms with Crippen LogP contribution in [0.25, 0.3) is 0 Å². The fourth-order valence-electron chi connectivity index (χ4n) is 2.81. The van der Waals surface area contributed by atoms with Crippen molar-refractivity contribution in [3.63, 3.8) is 0 Å². The number of ether oxygens (including phenoxy) is 1. The van der Waals surface area contributed by atoms with Gasteiger partial charge in [-0.1, -0.05) is 41.4 Å². The third-order valence-electron chi connectivity index (χ3n) is 3.80. The quantitative estimate of drug-likeness (QED) is 0.617. The summed E-state index contributed by atoms with van der Waals surface area (Å²) in [6.07, 6.45) is 0.783. The molecule has 1 atom stereocenters. The molecule has 1 aromatic carbocycles. The number of carbonyl (C=O) groups excluding carboxylic acids is 2. The van der Waals surface area contributed by atoms with Gasteiger partial charge in [-0.05, 0) is 37.1 Å². The number of hydrogen-bond acceptors (Lipinski definition) is 4. The van der Waals surface area contributed by atoms with Gasteiger partial charge >= 0.3 is 5.97 Å². The van der Waals surface area contributed by atoms with E-state index < -0.39 is 5.97 Å². The highest BCUT2D eigenvalue weighted by molar-refractivity contribution is 6.32. The number of benzene rings is 1. The standard InChI is InChI=1S/C17H14Cl2N2O3/c1-10-6-11-4-2-3-5-13(11)21(10)16(22)9-24-17(23)12-7-14(18)20-15(19)8-12/h2-5,7-8,10H,6,9H2,1H3. The smallest absolute Gasteiger partial charge is 0.338 e. The summed E-state index contributed by atoms with van der Waals surface area (Å²) in [7, 11) is 0. The minimum Gasteiger partial charge on any atom is -0.452 e. The number of para-hydroxylation sites is 1. The Morgan fingerprint density at radius 2 is 1.92 bits per heavy atom. The molecule has 0 bridgehead atoms. The van der Waals surface area contributed by atoms with Crippen molar-refractivity contribution in [1.82, 2.24) is 4.98 Å². The number of anilines is 1. The summed E-state index contributed by atoms with van der Waals surface area (Å²) >= 11 is 11.5. The molecule has 0 saturated carbocycles. The van der Waals surface area contributed by atoms with Crippen molar-refractivity contribution in [3.8, 4) is 0 Å². The fourth-order valence-corrected chi connectivity index (χ4v) is 3.27. The second-order valence-corrected chi connectivity index (χ2v) is 6.30. The summed E-state index contributed by atoms with van der Waals surface area (Å²) in [5.74, 6) is -0.943. The van der Waals surface area contributed by atoms with E-state index in [1.54, 1.807) is 4.90 Å². The second kappa shape index (κ2) is 6.79. The van der Waals surface area contributed by atoms with Crippen molar-refractivity contribution in [3.05, 3.63) is 57.8 Å². The summed E-state index contributed by atoms with van der Waals surface area (Å²) in [5, 5.41) is 0.172. The van der Waals surface area contributed by atoms with Gasteiger partial charge in [0, 0.05) is 11.7 Å². The van der Waals surface area contributed by atoms with E-state index in [9.17, 15) is 9.59 Å². The van der Waals surface area contributed by atoms with Gasteiger partial charge in [-0.3, -0.25) is 4.79 Å². The van der Waals surface area contributed by atoms with E-state index in [2.05, 4.69) is 4.98 Å². The summed E-state index contributed by atoms with van der Waals surface area (Å²) in [6, 6.07) is 10.4. The molecule has 0 saturated heterocycles. The maximum atomic E-state index is 12.5. The molecule has 0 N–H and O–H groups in total. The summed E-state index contributed by atoms with van der Waals surface area (Å²) in [6.45, 7) is 1.61. The fraction of sp³-hybridized carbons (Fsp3) is 0.235. The van der Waals surface area contributed by atoms with Crippen LogP contribution in [-0.2, 0) is 16.0 Å². The number of nitrogens with zero attached hydrogens (tertiary/aromatic N) is 2. The van der Waals surface area contributed by atoms with Crippen LogP contribution in [0.15, 0.2) is 36.4 Å². The highest BCUT2D eigenvalue weighted by Gasteiger charge is 2.31. The van der Waals surface area contributed by atoms with Crippen molar-refractivity contribution in [2.75, 3.05) is 11.5 Å². The SMILES string of the molecule is CC1Cc2ccccc2N1C(=O)COC(=O)c1cc(Cl)nc(Cl)c1. The summed E-state index contributed by atoms with van der Waals surface area (Å²) in [5.41, 5.74) is 2.13. The number of rotatable bonds is 3. The first-order valence-electron chi connectivity index (χ1n) is 7.36. The molecule has 1 aliphatic heterocycles. The Morgan fingerprint density at radius 3 is 2.62 bits per heavy atom. The number of carbonyl (C=O) groups is 2. The third-order valence-corrected chi connectivity index (χ3v) is 4.19. The topological polar surface area (TPSA) is 59.5 Å². The van der Waals surface area contributed by atoms with E-state index in [1.165, 1.54) is 12.1 Å². The number of halogens is 2. The van der Waals surface area contributed by atoms with Gasteiger partial charge in [0.25, 0.3) is 5.91 Å². The van der Waals surface area contributed by atoms with E-state index >= 15 is 0 Å². The van der Waals surface area contributed by atoms with Crippen LogP contribution in [0.5, 0.6) is 0 Å². The Bertz CT molecular complexity index is 790. The molecule has 7 heteroatoms. The number of hydrogen-bond donors (Lipinski definition) is 0. The van der Waals surface area contributed by atoms with Crippen LogP contribution in [0.2, 0.25) is 10.3 Å². The minimum absolute atomic E-state index is 0.0263. The van der Waals surface area contributed by atoms with E-state index in [0.29, 0.717) is 0 Å². The lowest BCUT2D eigenvalue weighted by molar-refractivity contribution is -0.122. The number of pyridine rings is 1. The van der Waals surface area contributed by atoms with Gasteiger partial charge in [-0.25, -0.2) is 9.78 Å². The molecule has 0 fully saturated rings. The maximum Gasteiger partial charge on any atom is 0.338 e. The first-order valence-corrected chi connectivity index (χ1v) is 8.11. The number of aromatic nitrogens is 1. The average Bonchev–Trinajstić information content (AvgIpc) is 2.87. The Kier molecular flexibility index (Phi) is 4.73. The Labute approximate surface area is 149 Å². The summed E-state index contributed by atoms with van der Waals surface area (Å²) < 4.78 is 5.10. The first kappa shape index (κ1) is 16.7. The van der Waals surface area contributed by atoms with Gasteiger partial charge in [0.15, 0.2) is 6.61 Å². The minimum atomic E-state index is -0.672. The maximum absolute atomic E-state index is 12.5. The van der Waals surface area contributed by atoms with E-state index in [-0.39, 0.29) is 34.4 Å². The molecule has 5 nitrogen and oxygen atoms in total. The highest BCUT2D eigenvalue weighted by atomic mass is 35.5. The molecule has 1 amide bonds. The Hall–Kier alpha value is -2.11. The van der Waals surface area contributed by atoms with Crippen LogP contribution in [0.4, 0.5) is 5.69 Å². The Morgan fingerprint density at radius 1 is 1.25 bits per heavy atom. The lowest BCUT2D eigenvalue weighted by Crippen LogP contribution is -2.38. The molecule has 124 valence electrons. The van der Waals surface area contributed by atoms with Crippen molar-refractivity contribution < 1.29 is 14.3 Å². The molecule has 2 aromatic rings. The third kappa shape index (κ3) is 3.37. The lowest BCUT2D eigenvalue weighted by Gasteiger charge is -2.22. The molecule has 0 radical (unpaired) electrons. The van der Waals surface area contributed by atoms with Gasteiger partial charge in [0.2, 0.25) is 0 Å². The van der Waals surface area contributed by atoms with E-state index in [1.807, 2.05) is 31.2 Å². The zero-order chi connectivity index (χ0) is 17.3. The van der Waals surface area contributed by atoms with Crippen molar-refractivity contribution >= 4 is 40.8 Å². The predicted molar refractivity (Wildman–Crippen MR) is 91.6 cm³/mol. The van der Waals surface area contributed by atoms with Gasteiger partial charge in [-0.15, -0.1) is 0 Å². The van der Waals surface area contributed by atoms with Crippen LogP contribution in [0.3, 0.4) is 0 Å². The van der Waals surface area contributed by atoms with E-state index in [4.69, 9.17) is 27.9 Å². The molecule has 2 heterocycles. The van der Waals surface area contributed by atoms with Crippen molar-refractivity contribution in [1.29, 1.82) is 0 Å². The van der Waals surface area contributed by atoms with Gasteiger partial charge in [-0.2, -0.15) is 0 Å². The second-order valence-electron chi connectivity index (χ2n) is 5.52. The molecule has 1 unspecified atom stereocenters. The molecule has 24 heavy (non-hydrogen) atoms.